The lowest BCUT2D eigenvalue weighted by Gasteiger charge is -2.32. The first-order valence-electron chi connectivity index (χ1n) is 10.2. The third kappa shape index (κ3) is 4.38. The number of sulfonamides is 1. The van der Waals surface area contributed by atoms with Gasteiger partial charge in [-0.2, -0.15) is 5.26 Å². The Morgan fingerprint density at radius 1 is 1.23 bits per heavy atom. The fraction of sp³-hybridized carbons (Fsp3) is 0.304. The van der Waals surface area contributed by atoms with E-state index in [4.69, 9.17) is 5.26 Å². The molecule has 0 atom stereocenters. The Morgan fingerprint density at radius 2 is 2.00 bits per heavy atom. The molecule has 0 radical (unpaired) electrons. The highest BCUT2D eigenvalue weighted by atomic mass is 32.2. The highest BCUT2D eigenvalue weighted by molar-refractivity contribution is 7.89. The van der Waals surface area contributed by atoms with E-state index >= 15 is 0 Å². The number of pyridine rings is 1. The molecular weight excluding hydrogens is 415 g/mol. The molecule has 0 saturated carbocycles. The van der Waals surface area contributed by atoms with E-state index in [1.165, 1.54) is 6.07 Å². The Hall–Kier alpha value is -3.02. The molecule has 6 nitrogen and oxygen atoms in total. The first kappa shape index (κ1) is 21.2. The minimum Gasteiger partial charge on any atom is -0.382 e. The van der Waals surface area contributed by atoms with Crippen LogP contribution >= 0.6 is 0 Å². The van der Waals surface area contributed by atoms with Crippen molar-refractivity contribution < 1.29 is 12.8 Å². The molecule has 2 aromatic carbocycles. The van der Waals surface area contributed by atoms with E-state index < -0.39 is 15.8 Å². The maximum atomic E-state index is 14.7. The molecule has 160 valence electrons. The van der Waals surface area contributed by atoms with Gasteiger partial charge in [0, 0.05) is 48.2 Å². The summed E-state index contributed by atoms with van der Waals surface area (Å²) < 4.78 is 40.4. The standard InChI is InChI=1S/C23H23FN4O2S/c1-2-31(29,30)28-9-6-19(7-10-28)27-23-13-18(12-17-5-8-26-15-21(17)23)20-4-3-16(14-25)11-22(20)24/h3-5,8,11-13,15,19,27H,2,6-7,9-10H2,1H3. The summed E-state index contributed by atoms with van der Waals surface area (Å²) in [6.45, 7) is 2.62. The summed E-state index contributed by atoms with van der Waals surface area (Å²) in [6.07, 6.45) is 4.85. The highest BCUT2D eigenvalue weighted by Crippen LogP contribution is 2.33. The molecule has 1 N–H and O–H groups in total. The lowest BCUT2D eigenvalue weighted by molar-refractivity contribution is 0.330. The van der Waals surface area contributed by atoms with Gasteiger partial charge >= 0.3 is 0 Å². The Bertz CT molecular complexity index is 1260. The minimum atomic E-state index is -3.17. The molecular formula is C23H23FN4O2S. The van der Waals surface area contributed by atoms with Gasteiger partial charge in [0.15, 0.2) is 0 Å². The molecule has 1 fully saturated rings. The van der Waals surface area contributed by atoms with Crippen LogP contribution in [0.4, 0.5) is 10.1 Å². The molecule has 1 aliphatic heterocycles. The molecule has 0 aliphatic carbocycles. The molecule has 0 unspecified atom stereocenters. The zero-order valence-corrected chi connectivity index (χ0v) is 18.0. The number of nitrogens with zero attached hydrogens (tertiary/aromatic N) is 3. The normalized spacial score (nSPS) is 15.6. The van der Waals surface area contributed by atoms with E-state index in [0.717, 1.165) is 16.5 Å². The predicted molar refractivity (Wildman–Crippen MR) is 120 cm³/mol. The summed E-state index contributed by atoms with van der Waals surface area (Å²) in [5.41, 5.74) is 2.23. The van der Waals surface area contributed by atoms with E-state index in [0.29, 0.717) is 37.1 Å². The van der Waals surface area contributed by atoms with Crippen molar-refractivity contribution in [1.29, 1.82) is 5.26 Å². The number of hydrogen-bond donors (Lipinski definition) is 1. The van der Waals surface area contributed by atoms with Gasteiger partial charge in [-0.05, 0) is 61.0 Å². The second kappa shape index (κ2) is 8.61. The SMILES string of the molecule is CCS(=O)(=O)N1CCC(Nc2cc(-c3ccc(C#N)cc3F)cc3ccncc23)CC1. The zero-order valence-electron chi connectivity index (χ0n) is 17.2. The van der Waals surface area contributed by atoms with Crippen LogP contribution in [0, 0.1) is 17.1 Å². The van der Waals surface area contributed by atoms with Crippen molar-refractivity contribution >= 4 is 26.5 Å². The van der Waals surface area contributed by atoms with Crippen molar-refractivity contribution in [3.63, 3.8) is 0 Å². The van der Waals surface area contributed by atoms with Crippen LogP contribution in [0.2, 0.25) is 0 Å². The number of anilines is 1. The molecule has 3 aromatic rings. The van der Waals surface area contributed by atoms with Crippen molar-refractivity contribution in [2.24, 2.45) is 0 Å². The molecule has 2 heterocycles. The summed E-state index contributed by atoms with van der Waals surface area (Å²) in [5, 5.41) is 14.4. The van der Waals surface area contributed by atoms with Crippen molar-refractivity contribution in [2.45, 2.75) is 25.8 Å². The van der Waals surface area contributed by atoms with Gasteiger partial charge in [0.05, 0.1) is 17.4 Å². The highest BCUT2D eigenvalue weighted by Gasteiger charge is 2.27. The van der Waals surface area contributed by atoms with Crippen LogP contribution in [0.5, 0.6) is 0 Å². The van der Waals surface area contributed by atoms with Gasteiger partial charge in [-0.1, -0.05) is 6.07 Å². The number of fused-ring (bicyclic) bond motifs is 1. The molecule has 1 saturated heterocycles. The van der Waals surface area contributed by atoms with E-state index in [2.05, 4.69) is 10.3 Å². The van der Waals surface area contributed by atoms with E-state index in [1.54, 1.807) is 35.8 Å². The molecule has 4 rings (SSSR count). The smallest absolute Gasteiger partial charge is 0.213 e. The second-order valence-electron chi connectivity index (χ2n) is 7.65. The average Bonchev–Trinajstić information content (AvgIpc) is 2.79. The van der Waals surface area contributed by atoms with Gasteiger partial charge in [0.25, 0.3) is 0 Å². The molecule has 8 heteroatoms. The number of hydrogen-bond acceptors (Lipinski definition) is 5. The quantitative estimate of drug-likeness (QED) is 0.647. The third-order valence-electron chi connectivity index (χ3n) is 5.74. The summed E-state index contributed by atoms with van der Waals surface area (Å²) >= 11 is 0. The molecule has 1 aromatic heterocycles. The van der Waals surface area contributed by atoms with Crippen LogP contribution < -0.4 is 5.32 Å². The van der Waals surface area contributed by atoms with Crippen molar-refractivity contribution in [1.82, 2.24) is 9.29 Å². The van der Waals surface area contributed by atoms with E-state index in [-0.39, 0.29) is 17.4 Å². The topological polar surface area (TPSA) is 86.1 Å². The van der Waals surface area contributed by atoms with Gasteiger partial charge in [0.2, 0.25) is 10.0 Å². The van der Waals surface area contributed by atoms with Crippen LogP contribution in [0.1, 0.15) is 25.3 Å². The predicted octanol–water partition coefficient (Wildman–Crippen LogP) is 4.14. The second-order valence-corrected chi connectivity index (χ2v) is 9.90. The van der Waals surface area contributed by atoms with E-state index in [1.807, 2.05) is 24.3 Å². The number of rotatable bonds is 5. The van der Waals surface area contributed by atoms with Crippen LogP contribution in [0.25, 0.3) is 21.9 Å². The van der Waals surface area contributed by atoms with Crippen LogP contribution in [-0.2, 0) is 10.0 Å². The number of benzene rings is 2. The number of aromatic nitrogens is 1. The summed E-state index contributed by atoms with van der Waals surface area (Å²) in [5.74, 6) is -0.337. The lowest BCUT2D eigenvalue weighted by Crippen LogP contribution is -2.42. The molecule has 0 spiro atoms. The average molecular weight is 439 g/mol. The molecule has 0 amide bonds. The van der Waals surface area contributed by atoms with Gasteiger partial charge in [-0.25, -0.2) is 17.1 Å². The summed E-state index contributed by atoms with van der Waals surface area (Å²) in [4.78, 5) is 4.23. The Kier molecular flexibility index (Phi) is 5.90. The van der Waals surface area contributed by atoms with Gasteiger partial charge in [-0.3, -0.25) is 4.98 Å². The van der Waals surface area contributed by atoms with Crippen molar-refractivity contribution in [3.05, 3.63) is 60.2 Å². The fourth-order valence-electron chi connectivity index (χ4n) is 3.97. The molecule has 0 bridgehead atoms. The number of piperidine rings is 1. The minimum absolute atomic E-state index is 0.104. The largest absolute Gasteiger partial charge is 0.382 e. The monoisotopic (exact) mass is 438 g/mol. The number of nitrogens with one attached hydrogen (secondary N) is 1. The number of halogens is 1. The first-order valence-corrected chi connectivity index (χ1v) is 11.8. The van der Waals surface area contributed by atoms with Gasteiger partial charge < -0.3 is 5.32 Å². The summed E-state index contributed by atoms with van der Waals surface area (Å²) in [7, 11) is -3.17. The van der Waals surface area contributed by atoms with Crippen molar-refractivity contribution in [2.75, 3.05) is 24.2 Å². The summed E-state index contributed by atoms with van der Waals surface area (Å²) in [6, 6.07) is 12.2. The zero-order chi connectivity index (χ0) is 22.0. The lowest BCUT2D eigenvalue weighted by atomic mass is 9.98. The Labute approximate surface area is 181 Å². The van der Waals surface area contributed by atoms with Crippen LogP contribution in [0.15, 0.2) is 48.8 Å². The Morgan fingerprint density at radius 3 is 2.68 bits per heavy atom. The molecule has 31 heavy (non-hydrogen) atoms. The maximum absolute atomic E-state index is 14.7. The van der Waals surface area contributed by atoms with Crippen molar-refractivity contribution in [3.8, 4) is 17.2 Å². The Balaban J connectivity index is 1.65. The van der Waals surface area contributed by atoms with Crippen LogP contribution in [0.3, 0.4) is 0 Å². The molecule has 1 aliphatic rings. The van der Waals surface area contributed by atoms with Gasteiger partial charge in [-0.15, -0.1) is 0 Å². The fourth-order valence-corrected chi connectivity index (χ4v) is 5.11. The van der Waals surface area contributed by atoms with Gasteiger partial charge in [0.1, 0.15) is 5.82 Å². The first-order chi connectivity index (χ1) is 14.9. The maximum Gasteiger partial charge on any atom is 0.213 e. The van der Waals surface area contributed by atoms with E-state index in [9.17, 15) is 12.8 Å². The third-order valence-corrected chi connectivity index (χ3v) is 7.62. The number of nitriles is 1. The van der Waals surface area contributed by atoms with Crippen LogP contribution in [-0.4, -0.2) is 42.6 Å².